The smallest absolute Gasteiger partial charge is 0.0845 e. The van der Waals surface area contributed by atoms with Gasteiger partial charge in [-0.2, -0.15) is 0 Å². The molecule has 0 aliphatic rings. The van der Waals surface area contributed by atoms with Crippen molar-refractivity contribution in [3.05, 3.63) is 43.7 Å². The second-order valence-electron chi connectivity index (χ2n) is 5.97. The van der Waals surface area contributed by atoms with Crippen molar-refractivity contribution < 1.29 is 5.11 Å². The summed E-state index contributed by atoms with van der Waals surface area (Å²) in [7, 11) is 3.94. The lowest BCUT2D eigenvalue weighted by Crippen LogP contribution is -2.29. The van der Waals surface area contributed by atoms with Crippen molar-refractivity contribution in [1.82, 2.24) is 9.47 Å². The monoisotopic (exact) mass is 502 g/mol. The van der Waals surface area contributed by atoms with Gasteiger partial charge in [-0.1, -0.05) is 31.9 Å². The van der Waals surface area contributed by atoms with E-state index in [0.717, 1.165) is 24.5 Å². The number of hydrogen-bond donors (Lipinski definition) is 1. The quantitative estimate of drug-likeness (QED) is 0.541. The summed E-state index contributed by atoms with van der Waals surface area (Å²) in [6.07, 6.45) is -0.428. The zero-order chi connectivity index (χ0) is 16.7. The van der Waals surface area contributed by atoms with Gasteiger partial charge in [-0.15, -0.1) is 0 Å². The van der Waals surface area contributed by atoms with Crippen molar-refractivity contribution >= 4 is 69.6 Å². The summed E-state index contributed by atoms with van der Waals surface area (Å²) in [5.74, 6) is 0. The van der Waals surface area contributed by atoms with Gasteiger partial charge < -0.3 is 14.6 Å². The van der Waals surface area contributed by atoms with Crippen LogP contribution in [-0.4, -0.2) is 41.3 Å². The number of nitrogens with zero attached hydrogens (tertiary/aromatic N) is 2. The molecule has 0 radical (unpaired) electrons. The van der Waals surface area contributed by atoms with E-state index in [9.17, 15) is 5.11 Å². The molecule has 1 atom stereocenters. The summed E-state index contributed by atoms with van der Waals surface area (Å²) in [5.41, 5.74) is 2.24. The molecule has 1 heterocycles. The van der Waals surface area contributed by atoms with Crippen LogP contribution in [0.4, 0.5) is 0 Å². The number of benzene rings is 2. The third kappa shape index (κ3) is 3.51. The van der Waals surface area contributed by atoms with Crippen molar-refractivity contribution in [2.45, 2.75) is 12.6 Å². The third-order valence-electron chi connectivity index (χ3n) is 3.81. The van der Waals surface area contributed by atoms with Crippen LogP contribution in [0.2, 0.25) is 0 Å². The lowest BCUT2D eigenvalue weighted by Gasteiger charge is -2.18. The van der Waals surface area contributed by atoms with Gasteiger partial charge in [0.05, 0.1) is 18.2 Å². The van der Waals surface area contributed by atoms with Gasteiger partial charge in [-0.3, -0.25) is 0 Å². The molecular weight excluding hydrogens is 488 g/mol. The van der Waals surface area contributed by atoms with E-state index in [-0.39, 0.29) is 0 Å². The van der Waals surface area contributed by atoms with Crippen molar-refractivity contribution in [2.24, 2.45) is 0 Å². The molecule has 0 unspecified atom stereocenters. The number of hydrogen-bond acceptors (Lipinski definition) is 2. The van der Waals surface area contributed by atoms with Crippen LogP contribution < -0.4 is 0 Å². The highest BCUT2D eigenvalue weighted by molar-refractivity contribution is 9.11. The van der Waals surface area contributed by atoms with E-state index in [1.165, 1.54) is 10.8 Å². The Bertz CT molecular complexity index is 873. The number of aliphatic hydroxyl groups excluding tert-OH is 1. The van der Waals surface area contributed by atoms with Gasteiger partial charge in [-0.25, -0.2) is 0 Å². The number of rotatable bonds is 4. The van der Waals surface area contributed by atoms with Gasteiger partial charge in [-0.05, 0) is 60.4 Å². The second-order valence-corrected chi connectivity index (χ2v) is 8.66. The topological polar surface area (TPSA) is 28.4 Å². The van der Waals surface area contributed by atoms with Crippen molar-refractivity contribution in [1.29, 1.82) is 0 Å². The molecule has 1 N–H and O–H groups in total. The lowest BCUT2D eigenvalue weighted by atomic mass is 10.2. The summed E-state index contributed by atoms with van der Waals surface area (Å²) in [5, 5.41) is 12.8. The van der Waals surface area contributed by atoms with Crippen molar-refractivity contribution in [3.63, 3.8) is 0 Å². The molecule has 0 amide bonds. The maximum atomic E-state index is 10.4. The largest absolute Gasteiger partial charge is 0.390 e. The summed E-state index contributed by atoms with van der Waals surface area (Å²) in [6, 6.07) is 10.4. The van der Waals surface area contributed by atoms with Crippen LogP contribution in [-0.2, 0) is 6.54 Å². The van der Waals surface area contributed by atoms with E-state index in [2.05, 4.69) is 70.6 Å². The minimum Gasteiger partial charge on any atom is -0.390 e. The van der Waals surface area contributed by atoms with Crippen LogP contribution in [0.5, 0.6) is 0 Å². The predicted molar refractivity (Wildman–Crippen MR) is 107 cm³/mol. The van der Waals surface area contributed by atoms with Crippen LogP contribution in [0.3, 0.4) is 0 Å². The highest BCUT2D eigenvalue weighted by Gasteiger charge is 2.17. The van der Waals surface area contributed by atoms with Gasteiger partial charge in [0.25, 0.3) is 0 Å². The summed E-state index contributed by atoms with van der Waals surface area (Å²) < 4.78 is 5.30. The van der Waals surface area contributed by atoms with E-state index >= 15 is 0 Å². The maximum absolute atomic E-state index is 10.4. The molecule has 0 saturated heterocycles. The molecule has 0 bridgehead atoms. The molecule has 0 aliphatic heterocycles. The molecule has 1 aromatic heterocycles. The average Bonchev–Trinajstić information content (AvgIpc) is 2.71. The Morgan fingerprint density at radius 1 is 1.04 bits per heavy atom. The van der Waals surface area contributed by atoms with Crippen LogP contribution >= 0.6 is 47.8 Å². The first kappa shape index (κ1) is 17.4. The van der Waals surface area contributed by atoms with Gasteiger partial charge >= 0.3 is 0 Å². The van der Waals surface area contributed by atoms with Crippen LogP contribution in [0.1, 0.15) is 0 Å². The number of aliphatic hydroxyl groups is 1. The van der Waals surface area contributed by atoms with Gasteiger partial charge in [0.15, 0.2) is 0 Å². The van der Waals surface area contributed by atoms with E-state index in [4.69, 9.17) is 0 Å². The van der Waals surface area contributed by atoms with E-state index in [1.807, 2.05) is 31.1 Å². The summed E-state index contributed by atoms with van der Waals surface area (Å²) >= 11 is 10.8. The Hall–Kier alpha value is -0.400. The van der Waals surface area contributed by atoms with Gasteiger partial charge in [0, 0.05) is 36.3 Å². The van der Waals surface area contributed by atoms with Crippen molar-refractivity contribution in [2.75, 3.05) is 20.6 Å². The molecule has 6 heteroatoms. The fourth-order valence-corrected chi connectivity index (χ4v) is 4.81. The Balaban J connectivity index is 2.25. The highest BCUT2D eigenvalue weighted by atomic mass is 79.9. The Kier molecular flexibility index (Phi) is 5.18. The molecule has 3 nitrogen and oxygen atoms in total. The minimum atomic E-state index is -0.428. The SMILES string of the molecule is CN(C)C[C@H](O)Cn1c2ccc(Br)cc2c2cc(Br)cc(Br)c21. The molecule has 0 fully saturated rings. The molecule has 0 aliphatic carbocycles. The molecule has 3 aromatic rings. The first-order valence-electron chi connectivity index (χ1n) is 7.26. The number of halogens is 3. The lowest BCUT2D eigenvalue weighted by molar-refractivity contribution is 0.122. The maximum Gasteiger partial charge on any atom is 0.0845 e. The molecule has 3 rings (SSSR count). The zero-order valence-corrected chi connectivity index (χ0v) is 17.6. The molecular formula is C17H17Br3N2O. The molecule has 122 valence electrons. The number of likely N-dealkylation sites (N-methyl/N-ethyl adjacent to an activating group) is 1. The predicted octanol–water partition coefficient (Wildman–Crippen LogP) is 5.00. The number of aromatic nitrogens is 1. The summed E-state index contributed by atoms with van der Waals surface area (Å²) in [6.45, 7) is 1.19. The Morgan fingerprint density at radius 3 is 2.43 bits per heavy atom. The van der Waals surface area contributed by atoms with E-state index in [1.54, 1.807) is 0 Å². The molecule has 2 aromatic carbocycles. The first-order valence-corrected chi connectivity index (χ1v) is 9.64. The fraction of sp³-hybridized carbons (Fsp3) is 0.294. The minimum absolute atomic E-state index is 0.428. The van der Waals surface area contributed by atoms with Gasteiger partial charge in [0.1, 0.15) is 0 Å². The highest BCUT2D eigenvalue weighted by Crippen LogP contribution is 2.37. The molecule has 23 heavy (non-hydrogen) atoms. The second kappa shape index (κ2) is 6.84. The molecule has 0 saturated carbocycles. The van der Waals surface area contributed by atoms with Gasteiger partial charge in [0.2, 0.25) is 0 Å². The normalized spacial score (nSPS) is 13.3. The van der Waals surface area contributed by atoms with Crippen LogP contribution in [0.15, 0.2) is 43.7 Å². The standard InChI is InChI=1S/C17H17Br3N2O/c1-21(2)8-12(23)9-22-16-4-3-10(18)5-13(16)14-6-11(19)7-15(20)17(14)22/h3-7,12,23H,8-9H2,1-2H3/t12-/m0/s1. The third-order valence-corrected chi connectivity index (χ3v) is 5.36. The fourth-order valence-electron chi connectivity index (χ4n) is 3.01. The van der Waals surface area contributed by atoms with E-state index in [0.29, 0.717) is 13.1 Å². The zero-order valence-electron chi connectivity index (χ0n) is 12.9. The van der Waals surface area contributed by atoms with Crippen LogP contribution in [0, 0.1) is 0 Å². The van der Waals surface area contributed by atoms with Crippen molar-refractivity contribution in [3.8, 4) is 0 Å². The molecule has 0 spiro atoms. The first-order chi connectivity index (χ1) is 10.9. The van der Waals surface area contributed by atoms with Crippen LogP contribution in [0.25, 0.3) is 21.8 Å². The Morgan fingerprint density at radius 2 is 1.74 bits per heavy atom. The van der Waals surface area contributed by atoms with E-state index < -0.39 is 6.10 Å². The number of fused-ring (bicyclic) bond motifs is 3. The average molecular weight is 505 g/mol. The summed E-state index contributed by atoms with van der Waals surface area (Å²) in [4.78, 5) is 2.00. The Labute approximate surface area is 160 Å².